The Hall–Kier alpha value is -2.24. The van der Waals surface area contributed by atoms with Crippen molar-refractivity contribution < 1.29 is 24.2 Å². The third-order valence-electron chi connectivity index (χ3n) is 2.64. The Labute approximate surface area is 104 Å². The number of benzene rings is 1. The zero-order chi connectivity index (χ0) is 13.1. The minimum Gasteiger partial charge on any atom is -0.484 e. The van der Waals surface area contributed by atoms with Crippen molar-refractivity contribution in [1.29, 1.82) is 0 Å². The van der Waals surface area contributed by atoms with Crippen LogP contribution < -0.4 is 14.8 Å². The number of carbonyl (C=O) groups is 2. The van der Waals surface area contributed by atoms with Gasteiger partial charge >= 0.3 is 5.97 Å². The minimum absolute atomic E-state index is 0.0857. The molecular weight excluding hydrogens is 238 g/mol. The Morgan fingerprint density at radius 2 is 2.33 bits per heavy atom. The summed E-state index contributed by atoms with van der Waals surface area (Å²) >= 11 is 0. The van der Waals surface area contributed by atoms with E-state index in [4.69, 9.17) is 14.6 Å². The van der Waals surface area contributed by atoms with Gasteiger partial charge in [0.1, 0.15) is 11.5 Å². The van der Waals surface area contributed by atoms with Crippen molar-refractivity contribution in [3.05, 3.63) is 23.8 Å². The summed E-state index contributed by atoms with van der Waals surface area (Å²) in [7, 11) is 1.52. The van der Waals surface area contributed by atoms with Gasteiger partial charge in [-0.05, 0) is 11.6 Å². The predicted octanol–water partition coefficient (Wildman–Crippen LogP) is 0.199. The van der Waals surface area contributed by atoms with Gasteiger partial charge in [0.15, 0.2) is 12.7 Å². The standard InChI is InChI=1S/C12H13NO5/c1-13-11(14)6-17-8-3-2-7-4-10(12(15)16)18-9(7)5-8/h2-3,5,10H,4,6H2,1H3,(H,13,14)(H,15,16). The maximum Gasteiger partial charge on any atom is 0.345 e. The lowest BCUT2D eigenvalue weighted by Gasteiger charge is -2.07. The zero-order valence-electron chi connectivity index (χ0n) is 9.80. The molecule has 1 aliphatic heterocycles. The molecule has 0 bridgehead atoms. The van der Waals surface area contributed by atoms with E-state index in [9.17, 15) is 9.59 Å². The normalized spacial score (nSPS) is 16.6. The molecule has 0 saturated heterocycles. The number of amides is 1. The molecule has 6 nitrogen and oxygen atoms in total. The number of nitrogens with one attached hydrogen (secondary N) is 1. The molecule has 18 heavy (non-hydrogen) atoms. The maximum absolute atomic E-state index is 11.0. The van der Waals surface area contributed by atoms with Crippen LogP contribution in [0.5, 0.6) is 11.5 Å². The maximum atomic E-state index is 11.0. The van der Waals surface area contributed by atoms with Crippen LogP contribution in [0.2, 0.25) is 0 Å². The predicted molar refractivity (Wildman–Crippen MR) is 61.8 cm³/mol. The molecule has 1 unspecified atom stereocenters. The number of hydrogen-bond donors (Lipinski definition) is 2. The van der Waals surface area contributed by atoms with E-state index in [1.54, 1.807) is 18.2 Å². The van der Waals surface area contributed by atoms with Gasteiger partial charge in [-0.1, -0.05) is 6.07 Å². The van der Waals surface area contributed by atoms with Crippen molar-refractivity contribution in [2.24, 2.45) is 0 Å². The molecule has 0 fully saturated rings. The quantitative estimate of drug-likeness (QED) is 0.798. The Bertz CT molecular complexity index is 485. The SMILES string of the molecule is CNC(=O)COc1ccc2c(c1)OC(C(=O)O)C2. The summed E-state index contributed by atoms with van der Waals surface area (Å²) in [5.74, 6) is -0.251. The third-order valence-corrected chi connectivity index (χ3v) is 2.64. The molecule has 1 atom stereocenters. The first kappa shape index (κ1) is 12.2. The lowest BCUT2D eigenvalue weighted by Crippen LogP contribution is -2.24. The van der Waals surface area contributed by atoms with E-state index in [1.165, 1.54) is 7.05 Å². The first-order valence-electron chi connectivity index (χ1n) is 5.46. The summed E-state index contributed by atoms with van der Waals surface area (Å²) in [6.45, 7) is -0.0857. The van der Waals surface area contributed by atoms with Gasteiger partial charge in [-0.15, -0.1) is 0 Å². The molecule has 1 aromatic carbocycles. The average molecular weight is 251 g/mol. The van der Waals surface area contributed by atoms with Crippen molar-refractivity contribution in [1.82, 2.24) is 5.32 Å². The van der Waals surface area contributed by atoms with Crippen LogP contribution in [0, 0.1) is 0 Å². The highest BCUT2D eigenvalue weighted by Crippen LogP contribution is 2.32. The largest absolute Gasteiger partial charge is 0.484 e. The highest BCUT2D eigenvalue weighted by Gasteiger charge is 2.28. The van der Waals surface area contributed by atoms with E-state index in [-0.39, 0.29) is 12.5 Å². The molecule has 1 aliphatic rings. The van der Waals surface area contributed by atoms with Gasteiger partial charge < -0.3 is 19.9 Å². The number of rotatable bonds is 4. The van der Waals surface area contributed by atoms with Crippen LogP contribution in [0.15, 0.2) is 18.2 Å². The second-order valence-corrected chi connectivity index (χ2v) is 3.88. The zero-order valence-corrected chi connectivity index (χ0v) is 9.80. The first-order chi connectivity index (χ1) is 8.60. The van der Waals surface area contributed by atoms with Gasteiger partial charge in [-0.3, -0.25) is 4.79 Å². The van der Waals surface area contributed by atoms with Crippen LogP contribution in [0.3, 0.4) is 0 Å². The summed E-state index contributed by atoms with van der Waals surface area (Å²) in [5, 5.41) is 11.3. The first-order valence-corrected chi connectivity index (χ1v) is 5.46. The summed E-state index contributed by atoms with van der Waals surface area (Å²) in [6.07, 6.45) is -0.491. The van der Waals surface area contributed by atoms with Gasteiger partial charge in [0.05, 0.1) is 0 Å². The van der Waals surface area contributed by atoms with Crippen molar-refractivity contribution in [2.45, 2.75) is 12.5 Å². The monoisotopic (exact) mass is 251 g/mol. The molecule has 0 aromatic heterocycles. The van der Waals surface area contributed by atoms with E-state index in [1.807, 2.05) is 0 Å². The third kappa shape index (κ3) is 2.53. The van der Waals surface area contributed by atoms with Gasteiger partial charge in [0.2, 0.25) is 0 Å². The summed E-state index contributed by atoms with van der Waals surface area (Å²) in [4.78, 5) is 21.8. The van der Waals surface area contributed by atoms with Crippen molar-refractivity contribution in [3.8, 4) is 11.5 Å². The number of aliphatic carboxylic acids is 1. The summed E-state index contributed by atoms with van der Waals surface area (Å²) in [5.41, 5.74) is 0.828. The molecule has 1 amide bonds. The second kappa shape index (κ2) is 4.95. The number of hydrogen-bond acceptors (Lipinski definition) is 4. The Balaban J connectivity index is 2.04. The van der Waals surface area contributed by atoms with E-state index >= 15 is 0 Å². The number of carbonyl (C=O) groups excluding carboxylic acids is 1. The lowest BCUT2D eigenvalue weighted by molar-refractivity contribution is -0.144. The van der Waals surface area contributed by atoms with Crippen LogP contribution in [0.4, 0.5) is 0 Å². The van der Waals surface area contributed by atoms with Crippen LogP contribution in [-0.4, -0.2) is 36.7 Å². The molecule has 1 aromatic rings. The van der Waals surface area contributed by atoms with Crippen LogP contribution in [0.25, 0.3) is 0 Å². The van der Waals surface area contributed by atoms with Crippen molar-refractivity contribution >= 4 is 11.9 Å². The molecule has 96 valence electrons. The van der Waals surface area contributed by atoms with Gasteiger partial charge in [-0.2, -0.15) is 0 Å². The molecule has 0 radical (unpaired) electrons. The highest BCUT2D eigenvalue weighted by atomic mass is 16.5. The number of ether oxygens (including phenoxy) is 2. The Morgan fingerprint density at radius 1 is 1.56 bits per heavy atom. The number of likely N-dealkylation sites (N-methyl/N-ethyl adjacent to an activating group) is 1. The summed E-state index contributed by atoms with van der Waals surface area (Å²) in [6, 6.07) is 5.04. The molecule has 0 aliphatic carbocycles. The van der Waals surface area contributed by atoms with Crippen LogP contribution in [-0.2, 0) is 16.0 Å². The molecule has 1 heterocycles. The minimum atomic E-state index is -0.987. The molecule has 0 saturated carbocycles. The Morgan fingerprint density at radius 3 is 3.00 bits per heavy atom. The van der Waals surface area contributed by atoms with Crippen molar-refractivity contribution in [3.63, 3.8) is 0 Å². The topological polar surface area (TPSA) is 84.9 Å². The molecule has 2 N–H and O–H groups in total. The van der Waals surface area contributed by atoms with Gasteiger partial charge in [0.25, 0.3) is 5.91 Å². The fraction of sp³-hybridized carbons (Fsp3) is 0.333. The lowest BCUT2D eigenvalue weighted by atomic mass is 10.1. The Kier molecular flexibility index (Phi) is 3.36. The number of carboxylic acid groups (broad SMARTS) is 1. The number of fused-ring (bicyclic) bond motifs is 1. The second-order valence-electron chi connectivity index (χ2n) is 3.88. The van der Waals surface area contributed by atoms with Crippen LogP contribution in [0.1, 0.15) is 5.56 Å². The van der Waals surface area contributed by atoms with Gasteiger partial charge in [-0.25, -0.2) is 4.79 Å². The fourth-order valence-electron chi connectivity index (χ4n) is 1.66. The molecular formula is C12H13NO5. The fourth-order valence-corrected chi connectivity index (χ4v) is 1.66. The van der Waals surface area contributed by atoms with E-state index < -0.39 is 12.1 Å². The average Bonchev–Trinajstić information content (AvgIpc) is 2.79. The highest BCUT2D eigenvalue weighted by molar-refractivity contribution is 5.77. The van der Waals surface area contributed by atoms with E-state index in [2.05, 4.69) is 5.32 Å². The number of carboxylic acids is 1. The molecule has 0 spiro atoms. The summed E-state index contributed by atoms with van der Waals surface area (Å²) < 4.78 is 10.5. The smallest absolute Gasteiger partial charge is 0.345 e. The molecule has 6 heteroatoms. The molecule has 2 rings (SSSR count). The van der Waals surface area contributed by atoms with Gasteiger partial charge in [0, 0.05) is 19.5 Å². The van der Waals surface area contributed by atoms with E-state index in [0.29, 0.717) is 17.9 Å². The van der Waals surface area contributed by atoms with Crippen LogP contribution >= 0.6 is 0 Å². The van der Waals surface area contributed by atoms with E-state index in [0.717, 1.165) is 5.56 Å². The van der Waals surface area contributed by atoms with Crippen molar-refractivity contribution in [2.75, 3.05) is 13.7 Å².